The number of carbonyl (C=O) groups excluding carboxylic acids is 1. The van der Waals surface area contributed by atoms with Gasteiger partial charge in [0.15, 0.2) is 9.84 Å². The molecule has 10 heteroatoms. The first-order valence-electron chi connectivity index (χ1n) is 11.2. The van der Waals surface area contributed by atoms with Crippen LogP contribution in [0.25, 0.3) is 0 Å². The third-order valence-electron chi connectivity index (χ3n) is 5.58. The van der Waals surface area contributed by atoms with Gasteiger partial charge in [-0.05, 0) is 56.7 Å². The van der Waals surface area contributed by atoms with E-state index in [4.69, 9.17) is 9.47 Å². The van der Waals surface area contributed by atoms with Crippen molar-refractivity contribution in [3.05, 3.63) is 64.9 Å². The van der Waals surface area contributed by atoms with Gasteiger partial charge in [0, 0.05) is 37.3 Å². The normalized spacial score (nSPS) is 21.1. The van der Waals surface area contributed by atoms with Crippen molar-refractivity contribution in [2.24, 2.45) is 0 Å². The average molecular weight is 506 g/mol. The number of hydrogen-bond acceptors (Lipinski definition) is 8. The zero-order chi connectivity index (χ0) is 24.5. The number of allylic oxidation sites excluding steroid dienone is 2. The van der Waals surface area contributed by atoms with Gasteiger partial charge >= 0.3 is 6.09 Å². The van der Waals surface area contributed by atoms with Gasteiger partial charge < -0.3 is 14.4 Å². The van der Waals surface area contributed by atoms with Gasteiger partial charge in [0.1, 0.15) is 15.9 Å². The minimum absolute atomic E-state index is 0.0546. The Labute approximate surface area is 205 Å². The summed E-state index contributed by atoms with van der Waals surface area (Å²) in [6.07, 6.45) is 7.34. The summed E-state index contributed by atoms with van der Waals surface area (Å²) in [6, 6.07) is 7.16. The van der Waals surface area contributed by atoms with E-state index in [9.17, 15) is 13.2 Å². The summed E-state index contributed by atoms with van der Waals surface area (Å²) in [5, 5.41) is 4.14. The molecule has 0 N–H and O–H groups in total. The molecule has 184 valence electrons. The molecule has 0 aromatic heterocycles. The fraction of sp³-hybridized carbons (Fsp3) is 0.458. The van der Waals surface area contributed by atoms with Crippen molar-refractivity contribution in [3.8, 4) is 5.75 Å². The van der Waals surface area contributed by atoms with Crippen molar-refractivity contribution in [1.29, 1.82) is 0 Å². The molecule has 1 saturated heterocycles. The van der Waals surface area contributed by atoms with E-state index in [0.717, 1.165) is 10.6 Å². The van der Waals surface area contributed by atoms with E-state index >= 15 is 0 Å². The van der Waals surface area contributed by atoms with Gasteiger partial charge in [-0.25, -0.2) is 18.2 Å². The maximum Gasteiger partial charge on any atom is 0.410 e. The van der Waals surface area contributed by atoms with Crippen LogP contribution in [0.3, 0.4) is 0 Å². The summed E-state index contributed by atoms with van der Waals surface area (Å²) >= 11 is 1.36. The van der Waals surface area contributed by atoms with E-state index in [2.05, 4.69) is 5.01 Å². The Balaban J connectivity index is 1.43. The zero-order valence-corrected chi connectivity index (χ0v) is 21.6. The Morgan fingerprint density at radius 2 is 1.91 bits per heavy atom. The quantitative estimate of drug-likeness (QED) is 0.599. The molecule has 3 aliphatic rings. The fourth-order valence-corrected chi connectivity index (χ4v) is 7.09. The highest BCUT2D eigenvalue weighted by atomic mass is 32.3. The monoisotopic (exact) mass is 505 g/mol. The minimum atomic E-state index is -3.44. The van der Waals surface area contributed by atoms with Crippen molar-refractivity contribution < 1.29 is 22.7 Å². The molecule has 0 aliphatic carbocycles. The standard InChI is InChI=1S/C24H31N3O5S2/c1-24(2,3)32-23(28)25-11-13-26(14-12-25)27-10-6-9-21-20(27)16-22(33-21)34(29,30)17-18-7-5-8-19(15-18)31-4/h5-10,15-16,22H,11-14,17H2,1-4H3. The molecular formula is C24H31N3O5S2. The molecule has 0 bridgehead atoms. The van der Waals surface area contributed by atoms with Crippen LogP contribution in [0, 0.1) is 0 Å². The summed E-state index contributed by atoms with van der Waals surface area (Å²) in [5.41, 5.74) is 1.05. The van der Waals surface area contributed by atoms with Crippen LogP contribution in [0.5, 0.6) is 5.75 Å². The molecule has 34 heavy (non-hydrogen) atoms. The van der Waals surface area contributed by atoms with Crippen LogP contribution in [0.4, 0.5) is 4.79 Å². The van der Waals surface area contributed by atoms with Crippen LogP contribution in [-0.4, -0.2) is 72.9 Å². The Kier molecular flexibility index (Phi) is 7.02. The Bertz CT molecular complexity index is 1130. The molecular weight excluding hydrogens is 474 g/mol. The molecule has 0 saturated carbocycles. The van der Waals surface area contributed by atoms with Crippen LogP contribution in [0.2, 0.25) is 0 Å². The number of nitrogens with zero attached hydrogens (tertiary/aromatic N) is 3. The predicted octanol–water partition coefficient (Wildman–Crippen LogP) is 3.75. The lowest BCUT2D eigenvalue weighted by molar-refractivity contribution is -0.0167. The number of piperazine rings is 1. The van der Waals surface area contributed by atoms with Crippen LogP contribution in [-0.2, 0) is 20.3 Å². The summed E-state index contributed by atoms with van der Waals surface area (Å²) in [4.78, 5) is 15.0. The topological polar surface area (TPSA) is 79.4 Å². The molecule has 1 fully saturated rings. The van der Waals surface area contributed by atoms with Gasteiger partial charge in [0.25, 0.3) is 0 Å². The zero-order valence-electron chi connectivity index (χ0n) is 19.9. The summed E-state index contributed by atoms with van der Waals surface area (Å²) in [5.74, 6) is 0.586. The van der Waals surface area contributed by atoms with E-state index in [-0.39, 0.29) is 11.8 Å². The fourth-order valence-electron chi connectivity index (χ4n) is 3.96. The van der Waals surface area contributed by atoms with Gasteiger partial charge in [-0.1, -0.05) is 23.9 Å². The Morgan fingerprint density at radius 1 is 1.18 bits per heavy atom. The smallest absolute Gasteiger partial charge is 0.410 e. The number of benzene rings is 1. The molecule has 0 spiro atoms. The van der Waals surface area contributed by atoms with Crippen molar-refractivity contribution in [1.82, 2.24) is 14.9 Å². The van der Waals surface area contributed by atoms with E-state index in [1.807, 2.05) is 50.2 Å². The summed E-state index contributed by atoms with van der Waals surface area (Å²) < 4.78 is 36.5. The molecule has 1 aromatic carbocycles. The van der Waals surface area contributed by atoms with Crippen LogP contribution < -0.4 is 4.74 Å². The molecule has 1 aromatic rings. The number of ether oxygens (including phenoxy) is 2. The molecule has 1 atom stereocenters. The van der Waals surface area contributed by atoms with Crippen molar-refractivity contribution in [3.63, 3.8) is 0 Å². The first-order valence-corrected chi connectivity index (χ1v) is 13.8. The molecule has 3 heterocycles. The predicted molar refractivity (Wildman–Crippen MR) is 134 cm³/mol. The van der Waals surface area contributed by atoms with E-state index in [1.165, 1.54) is 11.8 Å². The third-order valence-corrected chi connectivity index (χ3v) is 9.30. The number of hydrogen-bond donors (Lipinski definition) is 0. The molecule has 0 radical (unpaired) electrons. The maximum atomic E-state index is 13.2. The van der Waals surface area contributed by atoms with E-state index in [0.29, 0.717) is 37.5 Å². The highest BCUT2D eigenvalue weighted by molar-refractivity contribution is 8.16. The van der Waals surface area contributed by atoms with E-state index in [1.54, 1.807) is 36.3 Å². The number of hydrazine groups is 1. The second kappa shape index (κ2) is 9.67. The van der Waals surface area contributed by atoms with Crippen LogP contribution >= 0.6 is 11.8 Å². The van der Waals surface area contributed by atoms with Crippen molar-refractivity contribution in [2.75, 3.05) is 33.3 Å². The van der Waals surface area contributed by atoms with E-state index < -0.39 is 20.0 Å². The van der Waals surface area contributed by atoms with Gasteiger partial charge in [-0.15, -0.1) is 0 Å². The van der Waals surface area contributed by atoms with Crippen LogP contribution in [0.1, 0.15) is 26.3 Å². The highest BCUT2D eigenvalue weighted by Gasteiger charge is 2.37. The Morgan fingerprint density at radius 3 is 2.59 bits per heavy atom. The summed E-state index contributed by atoms with van der Waals surface area (Å²) in [6.45, 7) is 7.90. The number of carbonyl (C=O) groups is 1. The second-order valence-corrected chi connectivity index (χ2v) is 12.9. The highest BCUT2D eigenvalue weighted by Crippen LogP contribution is 2.44. The van der Waals surface area contributed by atoms with Gasteiger partial charge in [0.2, 0.25) is 0 Å². The third kappa shape index (κ3) is 5.61. The molecule has 4 rings (SSSR count). The minimum Gasteiger partial charge on any atom is -0.497 e. The number of thioether (sulfide) groups is 1. The number of sulfone groups is 1. The SMILES string of the molecule is COc1cccc(CS(=O)(=O)C2C=C3C(=CC=CN3N3CCN(C(=O)OC(C)(C)C)CC3)S2)c1. The first-order chi connectivity index (χ1) is 16.1. The summed E-state index contributed by atoms with van der Waals surface area (Å²) in [7, 11) is -1.87. The van der Waals surface area contributed by atoms with Crippen molar-refractivity contribution >= 4 is 27.7 Å². The lowest BCUT2D eigenvalue weighted by atomic mass is 10.2. The number of fused-ring (bicyclic) bond motifs is 1. The number of amides is 1. The largest absolute Gasteiger partial charge is 0.497 e. The molecule has 8 nitrogen and oxygen atoms in total. The maximum absolute atomic E-state index is 13.2. The molecule has 1 amide bonds. The van der Waals surface area contributed by atoms with Crippen LogP contribution in [0.15, 0.2) is 59.3 Å². The van der Waals surface area contributed by atoms with Gasteiger partial charge in [-0.3, -0.25) is 5.01 Å². The van der Waals surface area contributed by atoms with Gasteiger partial charge in [0.05, 0.1) is 18.6 Å². The Hall–Kier alpha value is -2.43. The average Bonchev–Trinajstić information content (AvgIpc) is 3.23. The lowest BCUT2D eigenvalue weighted by Crippen LogP contribution is -2.54. The van der Waals surface area contributed by atoms with Crippen molar-refractivity contribution in [2.45, 2.75) is 36.7 Å². The molecule has 1 unspecified atom stereocenters. The number of methoxy groups -OCH3 is 1. The van der Waals surface area contributed by atoms with Gasteiger partial charge in [-0.2, -0.15) is 0 Å². The number of rotatable bonds is 5. The molecule has 3 aliphatic heterocycles. The lowest BCUT2D eigenvalue weighted by Gasteiger charge is -2.42. The first kappa shape index (κ1) is 24.7. The second-order valence-electron chi connectivity index (χ2n) is 9.33.